The van der Waals surface area contributed by atoms with Gasteiger partial charge in [-0.2, -0.15) is 0 Å². The van der Waals surface area contributed by atoms with Gasteiger partial charge in [-0.1, -0.05) is 60.8 Å². The summed E-state index contributed by atoms with van der Waals surface area (Å²) in [4.78, 5) is 4.64. The number of nitrogens with zero attached hydrogens (tertiary/aromatic N) is 1. The molecule has 94 valence electrons. The normalized spacial score (nSPS) is 10.7. The van der Waals surface area contributed by atoms with Gasteiger partial charge in [-0.3, -0.25) is 0 Å². The van der Waals surface area contributed by atoms with Crippen molar-refractivity contribution in [1.29, 1.82) is 0 Å². The lowest BCUT2D eigenvalue weighted by molar-refractivity contribution is 1.29. The van der Waals surface area contributed by atoms with E-state index in [-0.39, 0.29) is 0 Å². The van der Waals surface area contributed by atoms with E-state index >= 15 is 0 Å². The van der Waals surface area contributed by atoms with Crippen molar-refractivity contribution >= 4 is 39.4 Å². The van der Waals surface area contributed by atoms with E-state index in [1.165, 1.54) is 15.8 Å². The summed E-state index contributed by atoms with van der Waals surface area (Å²) in [6, 6.07) is 16.6. The number of aromatic nitrogens is 1. The van der Waals surface area contributed by atoms with E-state index in [2.05, 4.69) is 48.0 Å². The van der Waals surface area contributed by atoms with Gasteiger partial charge < -0.3 is 0 Å². The summed E-state index contributed by atoms with van der Waals surface area (Å²) in [6.07, 6.45) is 1.91. The van der Waals surface area contributed by atoms with Crippen molar-refractivity contribution in [1.82, 2.24) is 4.98 Å². The minimum atomic E-state index is 0.933. The molecular weight excluding hydrogens is 270 g/mol. The summed E-state index contributed by atoms with van der Waals surface area (Å²) >= 11 is 3.54. The van der Waals surface area contributed by atoms with Gasteiger partial charge in [0.05, 0.1) is 10.2 Å². The molecule has 0 saturated carbocycles. The molecule has 3 aromatic rings. The predicted molar refractivity (Wildman–Crippen MR) is 85.7 cm³/mol. The van der Waals surface area contributed by atoms with E-state index < -0.39 is 0 Å². The minimum absolute atomic E-state index is 0.933. The van der Waals surface area contributed by atoms with Gasteiger partial charge in [-0.25, -0.2) is 4.98 Å². The molecule has 0 N–H and O–H groups in total. The molecule has 3 heteroatoms. The fourth-order valence-corrected chi connectivity index (χ4v) is 4.00. The van der Waals surface area contributed by atoms with Gasteiger partial charge in [0.25, 0.3) is 0 Å². The number of para-hydroxylation sites is 1. The summed E-state index contributed by atoms with van der Waals surface area (Å²) < 4.78 is 2.38. The Balaban J connectivity index is 1.80. The van der Waals surface area contributed by atoms with Gasteiger partial charge >= 0.3 is 0 Å². The molecule has 0 aliphatic rings. The van der Waals surface area contributed by atoms with Gasteiger partial charge in [-0.15, -0.1) is 11.3 Å². The van der Waals surface area contributed by atoms with Crippen molar-refractivity contribution < 1.29 is 0 Å². The first kappa shape index (κ1) is 12.5. The van der Waals surface area contributed by atoms with Crippen LogP contribution in [0.5, 0.6) is 0 Å². The highest BCUT2D eigenvalue weighted by Gasteiger charge is 2.05. The summed E-state index contributed by atoms with van der Waals surface area (Å²) in [5.41, 5.74) is 3.60. The van der Waals surface area contributed by atoms with Crippen molar-refractivity contribution in [2.45, 2.75) is 10.1 Å². The molecule has 1 heterocycles. The van der Waals surface area contributed by atoms with Crippen LogP contribution in [0.3, 0.4) is 0 Å². The minimum Gasteiger partial charge on any atom is -0.230 e. The van der Waals surface area contributed by atoms with E-state index in [4.69, 9.17) is 0 Å². The van der Waals surface area contributed by atoms with Crippen molar-refractivity contribution in [2.75, 3.05) is 0 Å². The van der Waals surface area contributed by atoms with Gasteiger partial charge in [0.1, 0.15) is 0 Å². The van der Waals surface area contributed by atoms with Crippen molar-refractivity contribution in [2.24, 2.45) is 0 Å². The second kappa shape index (κ2) is 5.59. The molecule has 0 aliphatic carbocycles. The molecule has 1 aromatic heterocycles. The molecule has 3 rings (SSSR count). The molecule has 0 atom stereocenters. The Kier molecular flexibility index (Phi) is 3.67. The van der Waals surface area contributed by atoms with E-state index in [1.54, 1.807) is 23.1 Å². The van der Waals surface area contributed by atoms with Crippen LogP contribution in [0, 0.1) is 0 Å². The quantitative estimate of drug-likeness (QED) is 0.608. The van der Waals surface area contributed by atoms with E-state index in [9.17, 15) is 0 Å². The zero-order valence-corrected chi connectivity index (χ0v) is 12.0. The van der Waals surface area contributed by atoms with Crippen LogP contribution < -0.4 is 0 Å². The number of rotatable bonds is 4. The maximum Gasteiger partial charge on any atom is 0.151 e. The van der Waals surface area contributed by atoms with Crippen molar-refractivity contribution in [3.8, 4) is 0 Å². The molecule has 0 spiro atoms. The van der Waals surface area contributed by atoms with Crippen LogP contribution in [-0.2, 0) is 5.75 Å². The molecular formula is C16H13NS2. The second-order valence-electron chi connectivity index (χ2n) is 4.14. The molecule has 0 amide bonds. The van der Waals surface area contributed by atoms with Gasteiger partial charge in [0.2, 0.25) is 0 Å². The Bertz CT molecular complexity index is 682. The lowest BCUT2D eigenvalue weighted by Gasteiger charge is -2.03. The maximum atomic E-state index is 4.64. The summed E-state index contributed by atoms with van der Waals surface area (Å²) in [6.45, 7) is 3.86. The van der Waals surface area contributed by atoms with E-state index in [1.807, 2.05) is 18.2 Å². The van der Waals surface area contributed by atoms with E-state index in [0.29, 0.717) is 0 Å². The van der Waals surface area contributed by atoms with E-state index in [0.717, 1.165) is 15.6 Å². The standard InChI is InChI=1S/C16H13NS2/c1-2-12-7-3-4-8-13(12)11-18-16-17-14-9-5-6-10-15(14)19-16/h2-10H,1,11H2. The Hall–Kier alpha value is -1.58. The first-order valence-corrected chi connectivity index (χ1v) is 7.86. The zero-order valence-electron chi connectivity index (χ0n) is 10.4. The average Bonchev–Trinajstić information content (AvgIpc) is 2.88. The molecule has 2 aromatic carbocycles. The lowest BCUT2D eigenvalue weighted by atomic mass is 10.1. The fraction of sp³-hybridized carbons (Fsp3) is 0.0625. The molecule has 0 unspecified atom stereocenters. The summed E-state index contributed by atoms with van der Waals surface area (Å²) in [5, 5.41) is 0. The number of hydrogen-bond acceptors (Lipinski definition) is 3. The summed E-state index contributed by atoms with van der Waals surface area (Å²) in [5.74, 6) is 0.933. The number of thiazole rings is 1. The third-order valence-corrected chi connectivity index (χ3v) is 5.13. The maximum absolute atomic E-state index is 4.64. The van der Waals surface area contributed by atoms with Crippen LogP contribution in [0.4, 0.5) is 0 Å². The SMILES string of the molecule is C=Cc1ccccc1CSc1nc2ccccc2s1. The molecule has 0 bridgehead atoms. The molecule has 19 heavy (non-hydrogen) atoms. The molecule has 0 saturated heterocycles. The lowest BCUT2D eigenvalue weighted by Crippen LogP contribution is -1.84. The zero-order chi connectivity index (χ0) is 13.1. The van der Waals surface area contributed by atoms with Crippen LogP contribution >= 0.6 is 23.1 Å². The third kappa shape index (κ3) is 2.72. The number of benzene rings is 2. The number of hydrogen-bond donors (Lipinski definition) is 0. The predicted octanol–water partition coefficient (Wildman–Crippen LogP) is 5.23. The molecule has 1 nitrogen and oxygen atoms in total. The Morgan fingerprint density at radius 3 is 2.74 bits per heavy atom. The first-order valence-electron chi connectivity index (χ1n) is 6.05. The Morgan fingerprint density at radius 2 is 1.89 bits per heavy atom. The van der Waals surface area contributed by atoms with Crippen molar-refractivity contribution in [3.63, 3.8) is 0 Å². The molecule has 0 fully saturated rings. The van der Waals surface area contributed by atoms with Crippen LogP contribution in [0.15, 0.2) is 59.4 Å². The first-order chi connectivity index (χ1) is 9.36. The summed E-state index contributed by atoms with van der Waals surface area (Å²) in [7, 11) is 0. The number of fused-ring (bicyclic) bond motifs is 1. The highest BCUT2D eigenvalue weighted by molar-refractivity contribution is 8.00. The monoisotopic (exact) mass is 283 g/mol. The Morgan fingerprint density at radius 1 is 1.11 bits per heavy atom. The van der Waals surface area contributed by atoms with Crippen LogP contribution in [0.2, 0.25) is 0 Å². The largest absolute Gasteiger partial charge is 0.230 e. The number of thioether (sulfide) groups is 1. The van der Waals surface area contributed by atoms with Gasteiger partial charge in [0.15, 0.2) is 4.34 Å². The van der Waals surface area contributed by atoms with Crippen molar-refractivity contribution in [3.05, 3.63) is 66.2 Å². The molecule has 0 radical (unpaired) electrons. The van der Waals surface area contributed by atoms with Gasteiger partial charge in [-0.05, 0) is 23.3 Å². The topological polar surface area (TPSA) is 12.9 Å². The highest BCUT2D eigenvalue weighted by Crippen LogP contribution is 2.32. The molecule has 0 aliphatic heterocycles. The van der Waals surface area contributed by atoms with Crippen LogP contribution in [0.25, 0.3) is 16.3 Å². The van der Waals surface area contributed by atoms with Crippen LogP contribution in [-0.4, -0.2) is 4.98 Å². The average molecular weight is 283 g/mol. The highest BCUT2D eigenvalue weighted by atomic mass is 32.2. The second-order valence-corrected chi connectivity index (χ2v) is 6.39. The van der Waals surface area contributed by atoms with Crippen LogP contribution in [0.1, 0.15) is 11.1 Å². The fourth-order valence-electron chi connectivity index (χ4n) is 1.92. The Labute approximate surface area is 121 Å². The van der Waals surface area contributed by atoms with Gasteiger partial charge in [0, 0.05) is 5.75 Å². The third-order valence-electron chi connectivity index (χ3n) is 2.90. The smallest absolute Gasteiger partial charge is 0.151 e.